The van der Waals surface area contributed by atoms with E-state index in [2.05, 4.69) is 39.4 Å². The van der Waals surface area contributed by atoms with Crippen molar-refractivity contribution in [2.45, 2.75) is 38.1 Å². The zero-order chi connectivity index (χ0) is 19.3. The van der Waals surface area contributed by atoms with E-state index in [1.165, 1.54) is 11.1 Å². The number of amides is 2. The summed E-state index contributed by atoms with van der Waals surface area (Å²) in [4.78, 5) is 31.3. The van der Waals surface area contributed by atoms with Crippen molar-refractivity contribution in [1.82, 2.24) is 20.0 Å². The van der Waals surface area contributed by atoms with E-state index in [0.29, 0.717) is 13.1 Å². The second-order valence-corrected chi connectivity index (χ2v) is 8.35. The van der Waals surface area contributed by atoms with Gasteiger partial charge in [-0.25, -0.2) is 0 Å². The van der Waals surface area contributed by atoms with Crippen LogP contribution in [0.25, 0.3) is 0 Å². The quantitative estimate of drug-likeness (QED) is 0.834. The van der Waals surface area contributed by atoms with Crippen LogP contribution in [0.2, 0.25) is 0 Å². The lowest BCUT2D eigenvalue weighted by Gasteiger charge is -2.35. The average Bonchev–Trinajstić information content (AvgIpc) is 3.25. The molecule has 0 radical (unpaired) electrons. The molecule has 6 nitrogen and oxygen atoms in total. The van der Waals surface area contributed by atoms with Gasteiger partial charge >= 0.3 is 0 Å². The van der Waals surface area contributed by atoms with E-state index >= 15 is 0 Å². The van der Waals surface area contributed by atoms with Crippen molar-refractivity contribution in [1.29, 1.82) is 0 Å². The van der Waals surface area contributed by atoms with Crippen LogP contribution >= 0.6 is 0 Å². The number of nitrogens with one attached hydrogen (secondary N) is 1. The minimum atomic E-state index is 0.114. The Morgan fingerprint density at radius 2 is 1.57 bits per heavy atom. The summed E-state index contributed by atoms with van der Waals surface area (Å²) in [6.07, 6.45) is 5.54. The van der Waals surface area contributed by atoms with Crippen LogP contribution in [0.15, 0.2) is 24.3 Å². The topological polar surface area (TPSA) is 55.9 Å². The van der Waals surface area contributed by atoms with E-state index in [1.807, 2.05) is 4.90 Å². The zero-order valence-electron chi connectivity index (χ0n) is 16.7. The number of benzene rings is 1. The van der Waals surface area contributed by atoms with Gasteiger partial charge in [-0.15, -0.1) is 0 Å². The van der Waals surface area contributed by atoms with Crippen molar-refractivity contribution in [3.05, 3.63) is 35.4 Å². The summed E-state index contributed by atoms with van der Waals surface area (Å²) in [7, 11) is 0. The number of carbonyl (C=O) groups is 2. The van der Waals surface area contributed by atoms with Crippen LogP contribution in [0, 0.1) is 0 Å². The number of aryl methyl sites for hydroxylation is 1. The smallest absolute Gasteiger partial charge is 0.236 e. The number of nitrogens with zero attached hydrogens (tertiary/aromatic N) is 3. The van der Waals surface area contributed by atoms with Gasteiger partial charge in [0, 0.05) is 39.3 Å². The lowest BCUT2D eigenvalue weighted by atomic mass is 9.88. The molecular weight excluding hydrogens is 352 g/mol. The Hall–Kier alpha value is -1.92. The van der Waals surface area contributed by atoms with E-state index in [1.54, 1.807) is 0 Å². The molecule has 2 fully saturated rings. The molecule has 2 saturated heterocycles. The first-order valence-electron chi connectivity index (χ1n) is 10.8. The molecule has 6 heteroatoms. The predicted molar refractivity (Wildman–Crippen MR) is 109 cm³/mol. The number of likely N-dealkylation sites (tertiary alicyclic amines) is 1. The molecule has 28 heavy (non-hydrogen) atoms. The normalized spacial score (nSPS) is 23.4. The van der Waals surface area contributed by atoms with Gasteiger partial charge in [-0.2, -0.15) is 0 Å². The fourth-order valence-corrected chi connectivity index (χ4v) is 4.71. The summed E-state index contributed by atoms with van der Waals surface area (Å²) in [5.41, 5.74) is 2.66. The molecule has 4 rings (SSSR count). The van der Waals surface area contributed by atoms with Crippen molar-refractivity contribution in [3.63, 3.8) is 0 Å². The van der Waals surface area contributed by atoms with Crippen LogP contribution < -0.4 is 5.32 Å². The van der Waals surface area contributed by atoms with Gasteiger partial charge in [-0.1, -0.05) is 24.3 Å². The molecule has 0 bridgehead atoms. The Balaban J connectivity index is 1.21. The molecular formula is C22H32N4O2. The Morgan fingerprint density at radius 3 is 2.32 bits per heavy atom. The first-order chi connectivity index (χ1) is 13.7. The summed E-state index contributed by atoms with van der Waals surface area (Å²) < 4.78 is 0. The highest BCUT2D eigenvalue weighted by Crippen LogP contribution is 2.29. The summed E-state index contributed by atoms with van der Waals surface area (Å²) in [6, 6.07) is 8.62. The maximum atomic E-state index is 12.6. The van der Waals surface area contributed by atoms with Gasteiger partial charge in [0.1, 0.15) is 0 Å². The summed E-state index contributed by atoms with van der Waals surface area (Å²) in [5, 5.41) is 3.25. The first kappa shape index (κ1) is 19.4. The minimum Gasteiger partial charge on any atom is -0.348 e. The Morgan fingerprint density at radius 1 is 0.893 bits per heavy atom. The summed E-state index contributed by atoms with van der Waals surface area (Å²) in [5.74, 6) is 0.378. The van der Waals surface area contributed by atoms with Gasteiger partial charge in [0.25, 0.3) is 0 Å². The van der Waals surface area contributed by atoms with E-state index in [-0.39, 0.29) is 17.9 Å². The van der Waals surface area contributed by atoms with E-state index in [4.69, 9.17) is 0 Å². The van der Waals surface area contributed by atoms with Crippen LogP contribution in [0.1, 0.15) is 42.9 Å². The molecule has 1 aromatic rings. The van der Waals surface area contributed by atoms with Crippen molar-refractivity contribution >= 4 is 11.8 Å². The van der Waals surface area contributed by atoms with Gasteiger partial charge in [0.2, 0.25) is 11.8 Å². The van der Waals surface area contributed by atoms with Crippen LogP contribution in [-0.2, 0) is 16.0 Å². The fourth-order valence-electron chi connectivity index (χ4n) is 4.71. The highest BCUT2D eigenvalue weighted by molar-refractivity contribution is 5.79. The van der Waals surface area contributed by atoms with Crippen molar-refractivity contribution in [3.8, 4) is 0 Å². The van der Waals surface area contributed by atoms with Crippen LogP contribution in [-0.4, -0.2) is 78.9 Å². The Bertz CT molecular complexity index is 694. The van der Waals surface area contributed by atoms with Crippen LogP contribution in [0.3, 0.4) is 0 Å². The highest BCUT2D eigenvalue weighted by Gasteiger charge is 2.26. The van der Waals surface area contributed by atoms with Crippen LogP contribution in [0.4, 0.5) is 0 Å². The Labute approximate surface area is 167 Å². The number of carbonyl (C=O) groups excluding carboxylic acids is 2. The second-order valence-electron chi connectivity index (χ2n) is 8.35. The molecule has 2 heterocycles. The number of hydrogen-bond donors (Lipinski definition) is 1. The molecule has 3 aliphatic rings. The predicted octanol–water partition coefficient (Wildman–Crippen LogP) is 1.42. The van der Waals surface area contributed by atoms with Crippen LogP contribution in [0.5, 0.6) is 0 Å². The van der Waals surface area contributed by atoms with Gasteiger partial charge in [-0.05, 0) is 43.2 Å². The third-order valence-electron chi connectivity index (χ3n) is 6.35. The largest absolute Gasteiger partial charge is 0.348 e. The first-order valence-corrected chi connectivity index (χ1v) is 10.8. The fraction of sp³-hybridized carbons (Fsp3) is 0.636. The molecule has 0 unspecified atom stereocenters. The lowest BCUT2D eigenvalue weighted by molar-refractivity contribution is -0.132. The summed E-state index contributed by atoms with van der Waals surface area (Å²) >= 11 is 0. The number of hydrogen-bond acceptors (Lipinski definition) is 4. The summed E-state index contributed by atoms with van der Waals surface area (Å²) in [6.45, 7) is 6.24. The maximum absolute atomic E-state index is 12.6. The monoisotopic (exact) mass is 384 g/mol. The molecule has 0 saturated carbocycles. The van der Waals surface area contributed by atoms with E-state index in [9.17, 15) is 9.59 Å². The molecule has 152 valence electrons. The number of fused-ring (bicyclic) bond motifs is 1. The zero-order valence-corrected chi connectivity index (χ0v) is 16.7. The molecule has 2 aliphatic heterocycles. The molecule has 2 amide bonds. The number of piperazine rings is 1. The minimum absolute atomic E-state index is 0.114. The van der Waals surface area contributed by atoms with E-state index in [0.717, 1.165) is 71.4 Å². The molecule has 1 aromatic carbocycles. The lowest BCUT2D eigenvalue weighted by Crippen LogP contribution is -2.52. The highest BCUT2D eigenvalue weighted by atomic mass is 16.2. The van der Waals surface area contributed by atoms with Gasteiger partial charge in [-0.3, -0.25) is 19.4 Å². The second kappa shape index (κ2) is 9.05. The van der Waals surface area contributed by atoms with Gasteiger partial charge in [0.05, 0.1) is 19.1 Å². The Kier molecular flexibility index (Phi) is 6.27. The third-order valence-corrected chi connectivity index (χ3v) is 6.35. The van der Waals surface area contributed by atoms with Crippen molar-refractivity contribution < 1.29 is 9.59 Å². The van der Waals surface area contributed by atoms with E-state index < -0.39 is 0 Å². The number of rotatable bonds is 5. The molecule has 1 aliphatic carbocycles. The average molecular weight is 385 g/mol. The molecule has 0 aromatic heterocycles. The standard InChI is InChI=1S/C22H32N4O2/c27-21(23-20-9-5-7-18-6-1-2-8-19(18)20)16-24-12-14-25(15-13-24)17-22(28)26-10-3-4-11-26/h1-2,6,8,20H,3-5,7,9-17H2,(H,23,27)/t20-/m0/s1. The van der Waals surface area contributed by atoms with Gasteiger partial charge in [0.15, 0.2) is 0 Å². The van der Waals surface area contributed by atoms with Gasteiger partial charge < -0.3 is 10.2 Å². The SMILES string of the molecule is O=C(CN1CCN(CC(=O)N2CCCC2)CC1)N[C@H]1CCCc2ccccc21. The molecule has 1 atom stereocenters. The maximum Gasteiger partial charge on any atom is 0.236 e. The van der Waals surface area contributed by atoms with Crippen molar-refractivity contribution in [2.24, 2.45) is 0 Å². The molecule has 0 spiro atoms. The molecule has 1 N–H and O–H groups in total. The third kappa shape index (κ3) is 4.73. The van der Waals surface area contributed by atoms with Crippen molar-refractivity contribution in [2.75, 3.05) is 52.4 Å².